The van der Waals surface area contributed by atoms with Crippen molar-refractivity contribution in [1.29, 1.82) is 0 Å². The van der Waals surface area contributed by atoms with Crippen molar-refractivity contribution in [3.8, 4) is 0 Å². The summed E-state index contributed by atoms with van der Waals surface area (Å²) in [5.74, 6) is -0.318. The van der Waals surface area contributed by atoms with Crippen LogP contribution in [0.3, 0.4) is 0 Å². The van der Waals surface area contributed by atoms with E-state index in [-0.39, 0.29) is 10.6 Å². The first-order valence-corrected chi connectivity index (χ1v) is 7.74. The van der Waals surface area contributed by atoms with Gasteiger partial charge in [-0.25, -0.2) is 4.39 Å². The third kappa shape index (κ3) is 2.92. The van der Waals surface area contributed by atoms with Crippen molar-refractivity contribution in [1.82, 2.24) is 0 Å². The standard InChI is InChI=1S/C12H8Br2ClFS/c1-6-9(5-11(13)17-6)12(14)8-3-2-7(16)4-10(8)15/h2-5,12H,1H3. The summed E-state index contributed by atoms with van der Waals surface area (Å²) < 4.78 is 14.1. The summed E-state index contributed by atoms with van der Waals surface area (Å²) in [5.41, 5.74) is 2.02. The number of rotatable bonds is 2. The van der Waals surface area contributed by atoms with E-state index < -0.39 is 0 Å². The highest BCUT2D eigenvalue weighted by Crippen LogP contribution is 2.40. The highest BCUT2D eigenvalue weighted by Gasteiger charge is 2.18. The first kappa shape index (κ1) is 13.5. The van der Waals surface area contributed by atoms with Gasteiger partial charge in [-0.05, 0) is 52.2 Å². The van der Waals surface area contributed by atoms with Crippen LogP contribution in [0.15, 0.2) is 28.1 Å². The molecule has 1 aromatic heterocycles. The topological polar surface area (TPSA) is 0 Å². The van der Waals surface area contributed by atoms with Crippen LogP contribution in [0.4, 0.5) is 4.39 Å². The van der Waals surface area contributed by atoms with Gasteiger partial charge in [-0.15, -0.1) is 11.3 Å². The quantitative estimate of drug-likeness (QED) is 0.537. The molecule has 0 bridgehead atoms. The number of alkyl halides is 1. The molecule has 1 aromatic carbocycles. The van der Waals surface area contributed by atoms with Gasteiger partial charge in [-0.1, -0.05) is 33.6 Å². The van der Waals surface area contributed by atoms with Crippen LogP contribution in [-0.2, 0) is 0 Å². The van der Waals surface area contributed by atoms with Gasteiger partial charge >= 0.3 is 0 Å². The lowest BCUT2D eigenvalue weighted by Gasteiger charge is -2.12. The molecule has 2 aromatic rings. The number of hydrogen-bond donors (Lipinski definition) is 0. The predicted molar refractivity (Wildman–Crippen MR) is 78.9 cm³/mol. The van der Waals surface area contributed by atoms with Gasteiger partial charge in [-0.2, -0.15) is 0 Å². The molecule has 1 unspecified atom stereocenters. The van der Waals surface area contributed by atoms with Crippen LogP contribution >= 0.6 is 54.8 Å². The molecule has 2 rings (SSSR count). The Balaban J connectivity index is 2.43. The van der Waals surface area contributed by atoms with Gasteiger partial charge in [0.05, 0.1) is 8.61 Å². The van der Waals surface area contributed by atoms with Crippen LogP contribution in [-0.4, -0.2) is 0 Å². The Morgan fingerprint density at radius 2 is 2.00 bits per heavy atom. The highest BCUT2D eigenvalue weighted by molar-refractivity contribution is 9.11. The lowest BCUT2D eigenvalue weighted by molar-refractivity contribution is 0.627. The van der Waals surface area contributed by atoms with Crippen LogP contribution in [0.25, 0.3) is 0 Å². The Morgan fingerprint density at radius 3 is 2.53 bits per heavy atom. The summed E-state index contributed by atoms with van der Waals surface area (Å²) in [7, 11) is 0. The van der Waals surface area contributed by atoms with Gasteiger partial charge in [0, 0.05) is 9.90 Å². The summed E-state index contributed by atoms with van der Waals surface area (Å²) in [4.78, 5) is 1.19. The maximum atomic E-state index is 13.0. The molecule has 1 atom stereocenters. The van der Waals surface area contributed by atoms with Crippen LogP contribution in [0.1, 0.15) is 20.8 Å². The second kappa shape index (κ2) is 5.39. The zero-order chi connectivity index (χ0) is 12.6. The average Bonchev–Trinajstić information content (AvgIpc) is 2.57. The minimum Gasteiger partial charge on any atom is -0.207 e. The zero-order valence-electron chi connectivity index (χ0n) is 8.81. The molecule has 0 N–H and O–H groups in total. The van der Waals surface area contributed by atoms with Crippen molar-refractivity contribution in [2.75, 3.05) is 0 Å². The average molecular weight is 399 g/mol. The summed E-state index contributed by atoms with van der Waals surface area (Å²) in [6, 6.07) is 6.52. The third-order valence-corrected chi connectivity index (χ3v) is 5.32. The van der Waals surface area contributed by atoms with E-state index in [1.807, 2.05) is 0 Å². The first-order valence-electron chi connectivity index (χ1n) is 4.84. The number of benzene rings is 1. The number of halogens is 4. The van der Waals surface area contributed by atoms with Crippen LogP contribution in [0.5, 0.6) is 0 Å². The van der Waals surface area contributed by atoms with Crippen molar-refractivity contribution >= 4 is 54.8 Å². The van der Waals surface area contributed by atoms with E-state index in [0.29, 0.717) is 5.02 Å². The van der Waals surface area contributed by atoms with Gasteiger partial charge in [0.15, 0.2) is 0 Å². The molecule has 0 aliphatic carbocycles. The molecular formula is C12H8Br2ClFS. The Morgan fingerprint density at radius 1 is 1.29 bits per heavy atom. The summed E-state index contributed by atoms with van der Waals surface area (Å²) in [6.45, 7) is 2.05. The second-order valence-electron chi connectivity index (χ2n) is 3.59. The Hall–Kier alpha value is 0.1000. The Labute approximate surface area is 125 Å². The number of hydrogen-bond acceptors (Lipinski definition) is 1. The molecule has 0 fully saturated rings. The van der Waals surface area contributed by atoms with Crippen molar-refractivity contribution < 1.29 is 4.39 Å². The molecule has 17 heavy (non-hydrogen) atoms. The van der Waals surface area contributed by atoms with Crippen molar-refractivity contribution in [2.45, 2.75) is 11.8 Å². The Bertz CT molecular complexity index is 553. The second-order valence-corrected chi connectivity index (χ2v) is 7.55. The Kier molecular flexibility index (Phi) is 4.29. The van der Waals surface area contributed by atoms with E-state index in [1.165, 1.54) is 17.0 Å². The normalized spacial score (nSPS) is 12.8. The van der Waals surface area contributed by atoms with Crippen molar-refractivity contribution in [2.24, 2.45) is 0 Å². The summed E-state index contributed by atoms with van der Waals surface area (Å²) in [5, 5.41) is 0.439. The molecule has 1 heterocycles. The van der Waals surface area contributed by atoms with Gasteiger partial charge in [0.2, 0.25) is 0 Å². The number of thiophene rings is 1. The SMILES string of the molecule is Cc1sc(Br)cc1C(Br)c1ccc(F)cc1Cl. The fourth-order valence-electron chi connectivity index (χ4n) is 1.58. The van der Waals surface area contributed by atoms with Gasteiger partial charge in [0.1, 0.15) is 5.82 Å². The molecule has 0 aliphatic rings. The van der Waals surface area contributed by atoms with Crippen LogP contribution < -0.4 is 0 Å². The maximum Gasteiger partial charge on any atom is 0.124 e. The number of aryl methyl sites for hydroxylation is 1. The van der Waals surface area contributed by atoms with E-state index in [9.17, 15) is 4.39 Å². The lowest BCUT2D eigenvalue weighted by Crippen LogP contribution is -1.94. The molecular weight excluding hydrogens is 390 g/mol. The van der Waals surface area contributed by atoms with Crippen molar-refractivity contribution in [3.63, 3.8) is 0 Å². The fourth-order valence-corrected chi connectivity index (χ4v) is 4.77. The monoisotopic (exact) mass is 396 g/mol. The highest BCUT2D eigenvalue weighted by atomic mass is 79.9. The van der Waals surface area contributed by atoms with Gasteiger partial charge in [-0.3, -0.25) is 0 Å². The molecule has 0 radical (unpaired) electrons. The van der Waals surface area contributed by atoms with E-state index in [4.69, 9.17) is 11.6 Å². The fraction of sp³-hybridized carbons (Fsp3) is 0.167. The smallest absolute Gasteiger partial charge is 0.124 e. The zero-order valence-corrected chi connectivity index (χ0v) is 13.6. The molecule has 0 saturated carbocycles. The minimum atomic E-state index is -0.318. The molecule has 0 amide bonds. The molecule has 5 heteroatoms. The van der Waals surface area contributed by atoms with Crippen LogP contribution in [0, 0.1) is 12.7 Å². The maximum absolute atomic E-state index is 13.0. The largest absolute Gasteiger partial charge is 0.207 e. The first-order chi connectivity index (χ1) is 7.99. The van der Waals surface area contributed by atoms with E-state index in [2.05, 4.69) is 44.8 Å². The van der Waals surface area contributed by atoms with E-state index in [0.717, 1.165) is 14.9 Å². The van der Waals surface area contributed by atoms with E-state index >= 15 is 0 Å². The minimum absolute atomic E-state index is 0.0156. The van der Waals surface area contributed by atoms with E-state index in [1.54, 1.807) is 17.4 Å². The molecule has 0 spiro atoms. The lowest BCUT2D eigenvalue weighted by atomic mass is 10.1. The third-order valence-electron chi connectivity index (χ3n) is 2.43. The van der Waals surface area contributed by atoms with Crippen molar-refractivity contribution in [3.05, 3.63) is 54.9 Å². The molecule has 90 valence electrons. The summed E-state index contributed by atoms with van der Waals surface area (Å²) in [6.07, 6.45) is 0. The van der Waals surface area contributed by atoms with Crippen LogP contribution in [0.2, 0.25) is 5.02 Å². The molecule has 0 saturated heterocycles. The predicted octanol–water partition coefficient (Wildman–Crippen LogP) is 6.10. The van der Waals surface area contributed by atoms with Gasteiger partial charge in [0.25, 0.3) is 0 Å². The molecule has 0 nitrogen and oxygen atoms in total. The van der Waals surface area contributed by atoms with Gasteiger partial charge < -0.3 is 0 Å². The summed E-state index contributed by atoms with van der Waals surface area (Å²) >= 11 is 14.8. The molecule has 0 aliphatic heterocycles.